The predicted molar refractivity (Wildman–Crippen MR) is 89.8 cm³/mol. The molecule has 1 saturated heterocycles. The van der Waals surface area contributed by atoms with E-state index in [0.717, 1.165) is 25.5 Å². The number of nitrogens with zero attached hydrogens (tertiary/aromatic N) is 3. The molecule has 1 fully saturated rings. The van der Waals surface area contributed by atoms with Gasteiger partial charge in [-0.25, -0.2) is 4.98 Å². The van der Waals surface area contributed by atoms with Gasteiger partial charge in [0, 0.05) is 38.4 Å². The van der Waals surface area contributed by atoms with Crippen LogP contribution in [0.25, 0.3) is 0 Å². The zero-order valence-electron chi connectivity index (χ0n) is 14.0. The molecule has 4 heteroatoms. The maximum Gasteiger partial charge on any atom is 0.128 e. The largest absolute Gasteiger partial charge is 0.358 e. The first-order valence-corrected chi connectivity index (χ1v) is 8.23. The summed E-state index contributed by atoms with van der Waals surface area (Å²) in [4.78, 5) is 9.43. The summed E-state index contributed by atoms with van der Waals surface area (Å²) in [5.41, 5.74) is 1.30. The second kappa shape index (κ2) is 7.76. The summed E-state index contributed by atoms with van der Waals surface area (Å²) in [7, 11) is 2.16. The monoisotopic (exact) mass is 290 g/mol. The lowest BCUT2D eigenvalue weighted by Crippen LogP contribution is -2.39. The fourth-order valence-corrected chi connectivity index (χ4v) is 3.03. The van der Waals surface area contributed by atoms with E-state index in [9.17, 15) is 0 Å². The molecule has 2 heterocycles. The SMILES string of the molecule is CCN1CCCC1CN(C)c1cc(CNC(C)C)ccn1. The van der Waals surface area contributed by atoms with Gasteiger partial charge in [0.1, 0.15) is 5.82 Å². The maximum absolute atomic E-state index is 4.54. The highest BCUT2D eigenvalue weighted by Crippen LogP contribution is 2.20. The fourth-order valence-electron chi connectivity index (χ4n) is 3.03. The van der Waals surface area contributed by atoms with Crippen molar-refractivity contribution in [2.75, 3.05) is 31.6 Å². The van der Waals surface area contributed by atoms with Crippen molar-refractivity contribution in [2.24, 2.45) is 0 Å². The number of anilines is 1. The number of hydrogen-bond donors (Lipinski definition) is 1. The van der Waals surface area contributed by atoms with Crippen LogP contribution in [0.2, 0.25) is 0 Å². The van der Waals surface area contributed by atoms with Crippen molar-refractivity contribution in [3.63, 3.8) is 0 Å². The number of aromatic nitrogens is 1. The first-order valence-electron chi connectivity index (χ1n) is 8.23. The topological polar surface area (TPSA) is 31.4 Å². The van der Waals surface area contributed by atoms with Gasteiger partial charge in [-0.2, -0.15) is 0 Å². The van der Waals surface area contributed by atoms with Crippen LogP contribution < -0.4 is 10.2 Å². The van der Waals surface area contributed by atoms with Crippen molar-refractivity contribution in [1.82, 2.24) is 15.2 Å². The molecule has 0 aromatic carbocycles. The van der Waals surface area contributed by atoms with Crippen LogP contribution in [0.15, 0.2) is 18.3 Å². The molecule has 1 aliphatic heterocycles. The van der Waals surface area contributed by atoms with Gasteiger partial charge in [0.25, 0.3) is 0 Å². The summed E-state index contributed by atoms with van der Waals surface area (Å²) in [5, 5.41) is 3.46. The Labute approximate surface area is 129 Å². The lowest BCUT2D eigenvalue weighted by molar-refractivity contribution is 0.270. The van der Waals surface area contributed by atoms with Gasteiger partial charge in [0.05, 0.1) is 0 Å². The number of hydrogen-bond acceptors (Lipinski definition) is 4. The summed E-state index contributed by atoms with van der Waals surface area (Å²) >= 11 is 0. The molecule has 0 saturated carbocycles. The minimum absolute atomic E-state index is 0.510. The van der Waals surface area contributed by atoms with Crippen LogP contribution in [0.1, 0.15) is 39.2 Å². The average Bonchev–Trinajstić information content (AvgIpc) is 2.92. The first-order chi connectivity index (χ1) is 10.1. The molecule has 21 heavy (non-hydrogen) atoms. The molecule has 4 nitrogen and oxygen atoms in total. The molecule has 0 radical (unpaired) electrons. The lowest BCUT2D eigenvalue weighted by atomic mass is 10.2. The van der Waals surface area contributed by atoms with E-state index in [1.807, 2.05) is 6.20 Å². The van der Waals surface area contributed by atoms with Gasteiger partial charge in [-0.1, -0.05) is 20.8 Å². The molecule has 1 N–H and O–H groups in total. The van der Waals surface area contributed by atoms with Crippen LogP contribution in [0.4, 0.5) is 5.82 Å². The van der Waals surface area contributed by atoms with E-state index in [1.54, 1.807) is 0 Å². The van der Waals surface area contributed by atoms with Crippen LogP contribution in [-0.2, 0) is 6.54 Å². The quantitative estimate of drug-likeness (QED) is 0.836. The molecule has 1 unspecified atom stereocenters. The third kappa shape index (κ3) is 4.68. The summed E-state index contributed by atoms with van der Waals surface area (Å²) in [6, 6.07) is 5.50. The summed E-state index contributed by atoms with van der Waals surface area (Å²) < 4.78 is 0. The molecule has 0 amide bonds. The predicted octanol–water partition coefficient (Wildman–Crippen LogP) is 2.50. The first kappa shape index (κ1) is 16.2. The molecular formula is C17H30N4. The van der Waals surface area contributed by atoms with E-state index in [0.29, 0.717) is 12.1 Å². The fraction of sp³-hybridized carbons (Fsp3) is 0.706. The highest BCUT2D eigenvalue weighted by molar-refractivity contribution is 5.40. The number of likely N-dealkylation sites (N-methyl/N-ethyl adjacent to an activating group) is 2. The molecule has 1 atom stereocenters. The van der Waals surface area contributed by atoms with Crippen LogP contribution in [0.5, 0.6) is 0 Å². The number of rotatable bonds is 7. The summed E-state index contributed by atoms with van der Waals surface area (Å²) in [6.07, 6.45) is 4.57. The van der Waals surface area contributed by atoms with Crippen molar-refractivity contribution < 1.29 is 0 Å². The Hall–Kier alpha value is -1.13. The van der Waals surface area contributed by atoms with E-state index in [-0.39, 0.29) is 0 Å². The molecule has 2 rings (SSSR count). The van der Waals surface area contributed by atoms with Gasteiger partial charge < -0.3 is 10.2 Å². The van der Waals surface area contributed by atoms with E-state index in [1.165, 1.54) is 24.9 Å². The molecular weight excluding hydrogens is 260 g/mol. The second-order valence-electron chi connectivity index (χ2n) is 6.36. The highest BCUT2D eigenvalue weighted by Gasteiger charge is 2.24. The molecule has 1 aromatic rings. The minimum atomic E-state index is 0.510. The van der Waals surface area contributed by atoms with Gasteiger partial charge in [-0.15, -0.1) is 0 Å². The molecule has 0 aliphatic carbocycles. The second-order valence-corrected chi connectivity index (χ2v) is 6.36. The van der Waals surface area contributed by atoms with Crippen molar-refractivity contribution >= 4 is 5.82 Å². The van der Waals surface area contributed by atoms with Crippen molar-refractivity contribution in [3.8, 4) is 0 Å². The zero-order valence-corrected chi connectivity index (χ0v) is 14.0. The van der Waals surface area contributed by atoms with E-state index >= 15 is 0 Å². The molecule has 1 aliphatic rings. The van der Waals surface area contributed by atoms with Crippen molar-refractivity contribution in [1.29, 1.82) is 0 Å². The lowest BCUT2D eigenvalue weighted by Gasteiger charge is -2.28. The Morgan fingerprint density at radius 2 is 2.29 bits per heavy atom. The third-order valence-electron chi connectivity index (χ3n) is 4.31. The molecule has 1 aromatic heterocycles. The molecule has 118 valence electrons. The summed E-state index contributed by atoms with van der Waals surface area (Å²) in [5.74, 6) is 1.08. The number of pyridine rings is 1. The van der Waals surface area contributed by atoms with Crippen LogP contribution in [0.3, 0.4) is 0 Å². The van der Waals surface area contributed by atoms with Gasteiger partial charge in [0.15, 0.2) is 0 Å². The molecule has 0 bridgehead atoms. The van der Waals surface area contributed by atoms with Crippen molar-refractivity contribution in [3.05, 3.63) is 23.9 Å². The highest BCUT2D eigenvalue weighted by atomic mass is 15.2. The Morgan fingerprint density at radius 3 is 3.00 bits per heavy atom. The molecule has 0 spiro atoms. The normalized spacial score (nSPS) is 19.4. The van der Waals surface area contributed by atoms with E-state index in [4.69, 9.17) is 0 Å². The smallest absolute Gasteiger partial charge is 0.128 e. The average molecular weight is 290 g/mol. The maximum atomic E-state index is 4.54. The zero-order chi connectivity index (χ0) is 15.2. The number of nitrogens with one attached hydrogen (secondary N) is 1. The van der Waals surface area contributed by atoms with Gasteiger partial charge in [-0.3, -0.25) is 4.90 Å². The minimum Gasteiger partial charge on any atom is -0.358 e. The van der Waals surface area contributed by atoms with E-state index in [2.05, 4.69) is 60.1 Å². The summed E-state index contributed by atoms with van der Waals surface area (Å²) in [6.45, 7) is 11.0. The Kier molecular flexibility index (Phi) is 6.00. The Balaban J connectivity index is 1.95. The van der Waals surface area contributed by atoms with Crippen LogP contribution in [-0.4, -0.2) is 48.6 Å². The van der Waals surface area contributed by atoms with Crippen LogP contribution in [0, 0.1) is 0 Å². The Bertz CT molecular complexity index is 433. The number of likely N-dealkylation sites (tertiary alicyclic amines) is 1. The third-order valence-corrected chi connectivity index (χ3v) is 4.31. The Morgan fingerprint density at radius 1 is 1.48 bits per heavy atom. The standard InChI is InChI=1S/C17H30N4/c1-5-21-10-6-7-16(21)13-20(4)17-11-15(8-9-18-17)12-19-14(2)3/h8-9,11,14,16,19H,5-7,10,12-13H2,1-4H3. The van der Waals surface area contributed by atoms with Crippen LogP contribution >= 0.6 is 0 Å². The van der Waals surface area contributed by atoms with Gasteiger partial charge in [-0.05, 0) is 43.6 Å². The van der Waals surface area contributed by atoms with Crippen molar-refractivity contribution in [2.45, 2.75) is 52.2 Å². The van der Waals surface area contributed by atoms with Gasteiger partial charge >= 0.3 is 0 Å². The van der Waals surface area contributed by atoms with E-state index < -0.39 is 0 Å². The van der Waals surface area contributed by atoms with Gasteiger partial charge in [0.2, 0.25) is 0 Å².